The van der Waals surface area contributed by atoms with Crippen LogP contribution in [0, 0.1) is 5.95 Å². The number of nitrogens with zero attached hydrogens (tertiary/aromatic N) is 2. The van der Waals surface area contributed by atoms with Crippen molar-refractivity contribution in [2.24, 2.45) is 0 Å². The number of hydrogen-bond donors (Lipinski definition) is 3. The third-order valence-corrected chi connectivity index (χ3v) is 4.73. The highest BCUT2D eigenvalue weighted by molar-refractivity contribution is 7.99. The Hall–Kier alpha value is -1.74. The highest BCUT2D eigenvalue weighted by atomic mass is 32.2. The van der Waals surface area contributed by atoms with Gasteiger partial charge in [0.1, 0.15) is 18.0 Å². The molecular weight excluding hydrogens is 323 g/mol. The van der Waals surface area contributed by atoms with Crippen LogP contribution in [0.5, 0.6) is 5.75 Å². The summed E-state index contributed by atoms with van der Waals surface area (Å²) in [5.41, 5.74) is 0.0333. The topological polar surface area (TPSA) is 95.7 Å². The van der Waals surface area contributed by atoms with E-state index in [1.807, 2.05) is 0 Å². The van der Waals surface area contributed by atoms with E-state index in [4.69, 9.17) is 4.74 Å². The first-order valence-corrected chi connectivity index (χ1v) is 7.99. The molecule has 23 heavy (non-hydrogen) atoms. The van der Waals surface area contributed by atoms with E-state index in [1.54, 1.807) is 18.2 Å². The van der Waals surface area contributed by atoms with Crippen molar-refractivity contribution in [1.29, 1.82) is 0 Å². The number of ether oxygens (including phenoxy) is 1. The zero-order valence-electron chi connectivity index (χ0n) is 11.9. The molecule has 0 saturated carbocycles. The minimum absolute atomic E-state index is 0.243. The zero-order chi connectivity index (χ0) is 16.4. The van der Waals surface area contributed by atoms with E-state index in [-0.39, 0.29) is 11.3 Å². The Balaban J connectivity index is 1.80. The predicted octanol–water partition coefficient (Wildman–Crippen LogP) is 0.817. The molecule has 0 unspecified atom stereocenters. The lowest BCUT2D eigenvalue weighted by Crippen LogP contribution is -2.50. The maximum atomic E-state index is 13.7. The van der Waals surface area contributed by atoms with E-state index in [0.29, 0.717) is 11.3 Å². The SMILES string of the molecule is O[C@@H]1[C@@H](O)[C@H](Oc2cncc(-c3cccnc3F)c2)SC[C@H]1O. The summed E-state index contributed by atoms with van der Waals surface area (Å²) in [6, 6.07) is 4.77. The van der Waals surface area contributed by atoms with Crippen molar-refractivity contribution in [3.63, 3.8) is 0 Å². The number of hydrogen-bond acceptors (Lipinski definition) is 7. The summed E-state index contributed by atoms with van der Waals surface area (Å²) in [4.78, 5) is 7.60. The Morgan fingerprint density at radius 3 is 2.83 bits per heavy atom. The van der Waals surface area contributed by atoms with Crippen LogP contribution in [-0.4, -0.2) is 54.8 Å². The summed E-state index contributed by atoms with van der Waals surface area (Å²) < 4.78 is 19.4. The van der Waals surface area contributed by atoms with E-state index in [9.17, 15) is 19.7 Å². The molecule has 2 aromatic rings. The minimum atomic E-state index is -1.27. The van der Waals surface area contributed by atoms with Crippen LogP contribution < -0.4 is 4.74 Å². The number of aliphatic hydroxyl groups excluding tert-OH is 3. The van der Waals surface area contributed by atoms with Crippen LogP contribution in [0.1, 0.15) is 0 Å². The Morgan fingerprint density at radius 1 is 1.22 bits per heavy atom. The maximum absolute atomic E-state index is 13.7. The second-order valence-electron chi connectivity index (χ2n) is 5.12. The molecule has 8 heteroatoms. The van der Waals surface area contributed by atoms with Crippen LogP contribution >= 0.6 is 11.8 Å². The predicted molar refractivity (Wildman–Crippen MR) is 82.3 cm³/mol. The molecule has 0 aliphatic carbocycles. The van der Waals surface area contributed by atoms with Crippen LogP contribution in [0.2, 0.25) is 0 Å². The fraction of sp³-hybridized carbons (Fsp3) is 0.333. The van der Waals surface area contributed by atoms with E-state index < -0.39 is 29.7 Å². The molecule has 122 valence electrons. The molecule has 0 amide bonds. The lowest BCUT2D eigenvalue weighted by molar-refractivity contribution is -0.0786. The molecule has 0 spiro atoms. The Morgan fingerprint density at radius 2 is 2.04 bits per heavy atom. The molecule has 1 aliphatic heterocycles. The molecule has 0 aromatic carbocycles. The average molecular weight is 338 g/mol. The van der Waals surface area contributed by atoms with Gasteiger partial charge in [0.15, 0.2) is 5.44 Å². The van der Waals surface area contributed by atoms with Gasteiger partial charge in [0, 0.05) is 29.3 Å². The van der Waals surface area contributed by atoms with E-state index in [2.05, 4.69) is 9.97 Å². The molecule has 3 heterocycles. The number of pyridine rings is 2. The number of thioether (sulfide) groups is 1. The molecule has 6 nitrogen and oxygen atoms in total. The molecule has 4 atom stereocenters. The van der Waals surface area contributed by atoms with Crippen LogP contribution in [0.15, 0.2) is 36.8 Å². The summed E-state index contributed by atoms with van der Waals surface area (Å²) in [5, 5.41) is 29.2. The Bertz CT molecular complexity index is 690. The van der Waals surface area contributed by atoms with Gasteiger partial charge in [-0.1, -0.05) is 0 Å². The van der Waals surface area contributed by atoms with Gasteiger partial charge in [-0.15, -0.1) is 11.8 Å². The van der Waals surface area contributed by atoms with E-state index >= 15 is 0 Å². The summed E-state index contributed by atoms with van der Waals surface area (Å²) in [6.45, 7) is 0. The lowest BCUT2D eigenvalue weighted by atomic mass is 10.1. The van der Waals surface area contributed by atoms with Gasteiger partial charge in [-0.3, -0.25) is 4.98 Å². The van der Waals surface area contributed by atoms with Gasteiger partial charge in [0.05, 0.1) is 12.3 Å². The molecular formula is C15H15FN2O4S. The molecule has 3 rings (SSSR count). The van der Waals surface area contributed by atoms with Crippen molar-refractivity contribution in [2.75, 3.05) is 5.75 Å². The van der Waals surface area contributed by atoms with Crippen LogP contribution in [-0.2, 0) is 0 Å². The fourth-order valence-electron chi connectivity index (χ4n) is 2.25. The van der Waals surface area contributed by atoms with Crippen molar-refractivity contribution in [1.82, 2.24) is 9.97 Å². The van der Waals surface area contributed by atoms with Crippen LogP contribution in [0.3, 0.4) is 0 Å². The molecule has 1 saturated heterocycles. The standard InChI is InChI=1S/C15H15FN2O4S/c16-14-10(2-1-3-18-14)8-4-9(6-17-5-8)22-15-13(21)12(20)11(19)7-23-15/h1-6,11-13,15,19-21H,7H2/t11-,12+,13-,15-/m1/s1. The first-order chi connectivity index (χ1) is 11.1. The minimum Gasteiger partial charge on any atom is -0.475 e. The molecule has 3 N–H and O–H groups in total. The first-order valence-electron chi connectivity index (χ1n) is 6.94. The molecule has 1 fully saturated rings. The molecule has 0 radical (unpaired) electrons. The average Bonchev–Trinajstić information content (AvgIpc) is 2.56. The molecule has 1 aliphatic rings. The smallest absolute Gasteiger partial charge is 0.220 e. The Labute approximate surface area is 136 Å². The summed E-state index contributed by atoms with van der Waals surface area (Å²) >= 11 is 1.19. The summed E-state index contributed by atoms with van der Waals surface area (Å²) in [7, 11) is 0. The molecule has 0 bridgehead atoms. The molecule has 2 aromatic heterocycles. The van der Waals surface area contributed by atoms with Crippen molar-refractivity contribution >= 4 is 11.8 Å². The third-order valence-electron chi connectivity index (χ3n) is 3.49. The van der Waals surface area contributed by atoms with Crippen molar-refractivity contribution < 1.29 is 24.4 Å². The summed E-state index contributed by atoms with van der Waals surface area (Å²) in [5.74, 6) is -0.0456. The number of rotatable bonds is 3. The van der Waals surface area contributed by atoms with Gasteiger partial charge in [-0.05, 0) is 18.2 Å². The van der Waals surface area contributed by atoms with Gasteiger partial charge in [-0.2, -0.15) is 4.39 Å². The number of aliphatic hydroxyl groups is 3. The summed E-state index contributed by atoms with van der Waals surface area (Å²) in [6.07, 6.45) is 0.770. The number of halogens is 1. The van der Waals surface area contributed by atoms with Crippen molar-refractivity contribution in [3.05, 3.63) is 42.7 Å². The Kier molecular flexibility index (Phi) is 4.76. The van der Waals surface area contributed by atoms with Crippen LogP contribution in [0.25, 0.3) is 11.1 Å². The normalized spacial score (nSPS) is 27.7. The van der Waals surface area contributed by atoms with Crippen LogP contribution in [0.4, 0.5) is 4.39 Å². The van der Waals surface area contributed by atoms with Gasteiger partial charge in [0.2, 0.25) is 5.95 Å². The van der Waals surface area contributed by atoms with Gasteiger partial charge in [0.25, 0.3) is 0 Å². The lowest BCUT2D eigenvalue weighted by Gasteiger charge is -2.34. The highest BCUT2D eigenvalue weighted by Gasteiger charge is 2.38. The maximum Gasteiger partial charge on any atom is 0.220 e. The zero-order valence-corrected chi connectivity index (χ0v) is 12.7. The van der Waals surface area contributed by atoms with E-state index in [1.165, 1.54) is 30.4 Å². The highest BCUT2D eigenvalue weighted by Crippen LogP contribution is 2.30. The van der Waals surface area contributed by atoms with Gasteiger partial charge in [-0.25, -0.2) is 4.98 Å². The largest absolute Gasteiger partial charge is 0.475 e. The monoisotopic (exact) mass is 338 g/mol. The quantitative estimate of drug-likeness (QED) is 0.713. The second kappa shape index (κ2) is 6.79. The first kappa shape index (κ1) is 16.1. The van der Waals surface area contributed by atoms with Gasteiger partial charge < -0.3 is 20.1 Å². The fourth-order valence-corrected chi connectivity index (χ4v) is 3.37. The van der Waals surface area contributed by atoms with Gasteiger partial charge >= 0.3 is 0 Å². The third kappa shape index (κ3) is 3.45. The number of aromatic nitrogens is 2. The second-order valence-corrected chi connectivity index (χ2v) is 6.25. The van der Waals surface area contributed by atoms with Crippen molar-refractivity contribution in [3.8, 4) is 16.9 Å². The van der Waals surface area contributed by atoms with E-state index in [0.717, 1.165) is 0 Å². The van der Waals surface area contributed by atoms with Crippen molar-refractivity contribution in [2.45, 2.75) is 23.7 Å².